The summed E-state index contributed by atoms with van der Waals surface area (Å²) in [6.45, 7) is 3.27. The molecule has 2 rings (SSSR count). The Kier molecular flexibility index (Phi) is 12.7. The molecular formula is C26H40N6O9. The summed E-state index contributed by atoms with van der Waals surface area (Å²) in [6, 6.07) is -4.42. The number of carboxylic acid groups (broad SMARTS) is 1. The van der Waals surface area contributed by atoms with Crippen LogP contribution in [0.15, 0.2) is 0 Å². The van der Waals surface area contributed by atoms with E-state index in [0.29, 0.717) is 12.8 Å². The molecule has 2 heterocycles. The number of fused-ring (bicyclic) bond motifs is 1. The Morgan fingerprint density at radius 3 is 2.20 bits per heavy atom. The molecule has 4 atom stereocenters. The van der Waals surface area contributed by atoms with Crippen molar-refractivity contribution in [1.29, 1.82) is 0 Å². The Hall–Kier alpha value is -4.04. The van der Waals surface area contributed by atoms with Crippen LogP contribution in [0.1, 0.15) is 71.6 Å². The quantitative estimate of drug-likeness (QED) is 0.188. The lowest BCUT2D eigenvalue weighted by Crippen LogP contribution is -2.56. The zero-order chi connectivity index (χ0) is 30.7. The summed E-state index contributed by atoms with van der Waals surface area (Å²) in [5.41, 5.74) is 5.21. The fraction of sp³-hybridized carbons (Fsp3) is 0.692. The number of ketones is 1. The lowest BCUT2D eigenvalue weighted by Gasteiger charge is -2.29. The highest BCUT2D eigenvalue weighted by atomic mass is 16.4. The van der Waals surface area contributed by atoms with Crippen molar-refractivity contribution in [3.8, 4) is 0 Å². The van der Waals surface area contributed by atoms with Gasteiger partial charge in [0.25, 0.3) is 0 Å². The van der Waals surface area contributed by atoms with Gasteiger partial charge in [0.15, 0.2) is 5.78 Å². The van der Waals surface area contributed by atoms with Crippen molar-refractivity contribution in [1.82, 2.24) is 26.2 Å². The normalized spacial score (nSPS) is 25.4. The van der Waals surface area contributed by atoms with E-state index in [1.54, 1.807) is 0 Å². The minimum absolute atomic E-state index is 0.0285. The number of aliphatic carboxylic acids is 1. The van der Waals surface area contributed by atoms with Crippen LogP contribution in [0.3, 0.4) is 0 Å². The molecule has 0 bridgehead atoms. The van der Waals surface area contributed by atoms with Crippen LogP contribution in [0.2, 0.25) is 0 Å². The van der Waals surface area contributed by atoms with E-state index < -0.39 is 78.5 Å². The second-order valence-electron chi connectivity index (χ2n) is 10.7. The van der Waals surface area contributed by atoms with Crippen LogP contribution in [0, 0.1) is 5.92 Å². The zero-order valence-electron chi connectivity index (χ0n) is 23.4. The van der Waals surface area contributed by atoms with Crippen molar-refractivity contribution in [3.05, 3.63) is 0 Å². The molecule has 15 heteroatoms. The van der Waals surface area contributed by atoms with Crippen molar-refractivity contribution in [2.24, 2.45) is 11.7 Å². The number of nitrogens with zero attached hydrogens (tertiary/aromatic N) is 1. The first-order chi connectivity index (χ1) is 19.3. The van der Waals surface area contributed by atoms with Crippen LogP contribution >= 0.6 is 0 Å². The van der Waals surface area contributed by atoms with Gasteiger partial charge in [-0.2, -0.15) is 0 Å². The summed E-state index contributed by atoms with van der Waals surface area (Å²) in [5.74, 6) is -5.78. The third-order valence-corrected chi connectivity index (χ3v) is 6.88. The number of carbonyl (C=O) groups is 8. The van der Waals surface area contributed by atoms with Gasteiger partial charge in [-0.15, -0.1) is 0 Å². The predicted molar refractivity (Wildman–Crippen MR) is 143 cm³/mol. The summed E-state index contributed by atoms with van der Waals surface area (Å²) in [6.07, 6.45) is -0.480. The summed E-state index contributed by atoms with van der Waals surface area (Å²) >= 11 is 0. The Labute approximate surface area is 237 Å². The monoisotopic (exact) mass is 580 g/mol. The molecule has 7 N–H and O–H groups in total. The number of hydrogen-bond donors (Lipinski definition) is 6. The molecule has 15 nitrogen and oxygen atoms in total. The highest BCUT2D eigenvalue weighted by molar-refractivity contribution is 5.97. The molecule has 41 heavy (non-hydrogen) atoms. The van der Waals surface area contributed by atoms with Gasteiger partial charge in [-0.1, -0.05) is 13.8 Å². The standard InChI is InChI=1S/C26H40N6O9/c1-14(2)12-17-25(40)31-15(5-8-20(27)34)24(39)28-13-22(36)29-16(6-10-23(37)38)26(41)32-11-3-4-18(32)19(33)7-9-21(35)30-17/h14-18H,3-13H2,1-2H3,(H2,27,34)(H,28,39)(H,29,36)(H,30,35)(H,31,40)(H,37,38)/t15-,16-,17-,18-/m0/s1. The molecule has 0 saturated carbocycles. The van der Waals surface area contributed by atoms with Gasteiger partial charge in [0.05, 0.1) is 12.6 Å². The van der Waals surface area contributed by atoms with Crippen molar-refractivity contribution in [2.45, 2.75) is 95.8 Å². The lowest BCUT2D eigenvalue weighted by atomic mass is 10.0. The minimum atomic E-state index is -1.27. The van der Waals surface area contributed by atoms with Crippen molar-refractivity contribution >= 4 is 47.2 Å². The molecular weight excluding hydrogens is 540 g/mol. The molecule has 6 amide bonds. The molecule has 2 aliphatic heterocycles. The SMILES string of the molecule is CC(C)C[C@@H]1NC(=O)CCC(=O)[C@@H]2CCCN2C(=O)[C@H](CCC(=O)O)NC(=O)CNC(=O)[C@H](CCC(N)=O)NC1=O. The maximum absolute atomic E-state index is 13.3. The molecule has 0 unspecified atom stereocenters. The van der Waals surface area contributed by atoms with Crippen molar-refractivity contribution in [2.75, 3.05) is 13.1 Å². The molecule has 0 aliphatic carbocycles. The highest BCUT2D eigenvalue weighted by Crippen LogP contribution is 2.22. The van der Waals surface area contributed by atoms with Gasteiger partial charge in [0, 0.05) is 32.2 Å². The number of Topliss-reactive ketones (excluding diaryl/α,β-unsaturated/α-hetero) is 1. The van der Waals surface area contributed by atoms with Crippen LogP contribution in [0.5, 0.6) is 0 Å². The second-order valence-corrected chi connectivity index (χ2v) is 10.7. The molecule has 2 fully saturated rings. The Balaban J connectivity index is 2.36. The first-order valence-electron chi connectivity index (χ1n) is 13.8. The largest absolute Gasteiger partial charge is 0.481 e. The topological polar surface area (TPSA) is 234 Å². The van der Waals surface area contributed by atoms with Crippen LogP contribution in [-0.4, -0.2) is 94.5 Å². The van der Waals surface area contributed by atoms with E-state index in [1.165, 1.54) is 4.90 Å². The van der Waals surface area contributed by atoms with Gasteiger partial charge >= 0.3 is 5.97 Å². The third-order valence-electron chi connectivity index (χ3n) is 6.88. The smallest absolute Gasteiger partial charge is 0.303 e. The summed E-state index contributed by atoms with van der Waals surface area (Å²) in [4.78, 5) is 102. The Morgan fingerprint density at radius 2 is 1.56 bits per heavy atom. The number of primary amides is 1. The van der Waals surface area contributed by atoms with Gasteiger partial charge < -0.3 is 37.0 Å². The molecule has 0 aromatic rings. The Morgan fingerprint density at radius 1 is 0.902 bits per heavy atom. The van der Waals surface area contributed by atoms with E-state index in [-0.39, 0.29) is 56.8 Å². The average Bonchev–Trinajstić information content (AvgIpc) is 3.39. The molecule has 0 radical (unpaired) electrons. The fourth-order valence-corrected chi connectivity index (χ4v) is 4.83. The third kappa shape index (κ3) is 10.8. The highest BCUT2D eigenvalue weighted by Gasteiger charge is 2.38. The molecule has 228 valence electrons. The molecule has 0 spiro atoms. The van der Waals surface area contributed by atoms with E-state index >= 15 is 0 Å². The molecule has 0 aromatic carbocycles. The van der Waals surface area contributed by atoms with Gasteiger partial charge in [-0.3, -0.25) is 38.4 Å². The van der Waals surface area contributed by atoms with Gasteiger partial charge in [0.1, 0.15) is 18.1 Å². The molecule has 0 aromatic heterocycles. The number of carbonyl (C=O) groups excluding carboxylic acids is 7. The van der Waals surface area contributed by atoms with E-state index in [0.717, 1.165) is 0 Å². The van der Waals surface area contributed by atoms with Crippen LogP contribution < -0.4 is 27.0 Å². The predicted octanol–water partition coefficient (Wildman–Crippen LogP) is -1.91. The van der Waals surface area contributed by atoms with Crippen LogP contribution in [0.25, 0.3) is 0 Å². The van der Waals surface area contributed by atoms with E-state index in [1.807, 2.05) is 13.8 Å². The van der Waals surface area contributed by atoms with Gasteiger partial charge in [-0.05, 0) is 38.0 Å². The maximum atomic E-state index is 13.3. The summed E-state index contributed by atoms with van der Waals surface area (Å²) in [7, 11) is 0. The van der Waals surface area contributed by atoms with Gasteiger partial charge in [-0.25, -0.2) is 0 Å². The number of rotatable bonds is 8. The summed E-state index contributed by atoms with van der Waals surface area (Å²) < 4.78 is 0. The molecule has 2 aliphatic rings. The van der Waals surface area contributed by atoms with Crippen molar-refractivity contribution in [3.63, 3.8) is 0 Å². The second kappa shape index (κ2) is 15.7. The first-order valence-corrected chi connectivity index (χ1v) is 13.8. The van der Waals surface area contributed by atoms with E-state index in [9.17, 15) is 38.4 Å². The fourth-order valence-electron chi connectivity index (χ4n) is 4.83. The summed E-state index contributed by atoms with van der Waals surface area (Å²) in [5, 5.41) is 19.0. The number of amides is 6. The van der Waals surface area contributed by atoms with Crippen LogP contribution in [0.4, 0.5) is 0 Å². The van der Waals surface area contributed by atoms with Crippen LogP contribution in [-0.2, 0) is 38.4 Å². The number of hydrogen-bond acceptors (Lipinski definition) is 8. The zero-order valence-corrected chi connectivity index (χ0v) is 23.4. The van der Waals surface area contributed by atoms with Gasteiger partial charge in [0.2, 0.25) is 35.4 Å². The number of nitrogens with two attached hydrogens (primary N) is 1. The lowest BCUT2D eigenvalue weighted by molar-refractivity contribution is -0.142. The number of nitrogens with one attached hydrogen (secondary N) is 4. The minimum Gasteiger partial charge on any atom is -0.481 e. The average molecular weight is 581 g/mol. The Bertz CT molecular complexity index is 1050. The van der Waals surface area contributed by atoms with E-state index in [4.69, 9.17) is 10.8 Å². The first kappa shape index (κ1) is 33.2. The van der Waals surface area contributed by atoms with Crippen molar-refractivity contribution < 1.29 is 43.5 Å². The number of carboxylic acids is 1. The van der Waals surface area contributed by atoms with E-state index in [2.05, 4.69) is 21.3 Å². The molecule has 2 saturated heterocycles. The maximum Gasteiger partial charge on any atom is 0.303 e.